The Morgan fingerprint density at radius 3 is 2.35 bits per heavy atom. The van der Waals surface area contributed by atoms with Crippen LogP contribution in [0.1, 0.15) is 52.9 Å². The van der Waals surface area contributed by atoms with Crippen LogP contribution in [-0.4, -0.2) is 32.6 Å². The summed E-state index contributed by atoms with van der Waals surface area (Å²) in [7, 11) is 2.92. The molecule has 134 valence electrons. The molecule has 5 heteroatoms. The summed E-state index contributed by atoms with van der Waals surface area (Å²) in [5.41, 5.74) is 0.675. The Kier molecular flexibility index (Phi) is 8.81. The molecular weight excluding hydrogens is 296 g/mol. The molecule has 23 heavy (non-hydrogen) atoms. The quantitative estimate of drug-likeness (QED) is 0.316. The molecule has 0 spiro atoms. The second kappa shape index (κ2) is 10.1. The van der Waals surface area contributed by atoms with Gasteiger partial charge in [0.25, 0.3) is 0 Å². The first kappa shape index (κ1) is 20.1. The average molecular weight is 328 g/mol. The summed E-state index contributed by atoms with van der Waals surface area (Å²) < 4.78 is 11.3. The minimum Gasteiger partial charge on any atom is -0.432 e. The van der Waals surface area contributed by atoms with Crippen molar-refractivity contribution in [1.82, 2.24) is 0 Å². The Hall–Kier alpha value is -0.910. The molecule has 0 aromatic rings. The van der Waals surface area contributed by atoms with E-state index in [0.717, 1.165) is 12.8 Å². The third-order valence-corrected chi connectivity index (χ3v) is 4.82. The Balaban J connectivity index is 0.000000388. The fraction of sp³-hybridized carbons (Fsp3) is 0.833. The smallest absolute Gasteiger partial charge is 0.336 e. The van der Waals surface area contributed by atoms with Crippen LogP contribution in [0, 0.1) is 17.8 Å². The standard InChI is InChI=1S/C14H20O3.C2H6O2.C2H6/c1-8-6-7-10-4-3-5-11-9(2)13(15)17-14(16-8)12(10)11;1-3-4-2;1-2/h8,10-12,14H,2-7H2,1H3;1-2H3;1-2H3. The van der Waals surface area contributed by atoms with Gasteiger partial charge in [-0.2, -0.15) is 0 Å². The van der Waals surface area contributed by atoms with Crippen LogP contribution in [0.4, 0.5) is 0 Å². The molecule has 5 unspecified atom stereocenters. The molecule has 2 aliphatic heterocycles. The second-order valence-electron chi connectivity index (χ2n) is 6.03. The van der Waals surface area contributed by atoms with Gasteiger partial charge in [0.2, 0.25) is 6.29 Å². The number of hydrogen-bond donors (Lipinski definition) is 0. The van der Waals surface area contributed by atoms with Crippen molar-refractivity contribution < 1.29 is 24.0 Å². The van der Waals surface area contributed by atoms with E-state index in [4.69, 9.17) is 9.47 Å². The van der Waals surface area contributed by atoms with Gasteiger partial charge in [0.1, 0.15) is 0 Å². The average Bonchev–Trinajstić information content (AvgIpc) is 2.74. The van der Waals surface area contributed by atoms with Gasteiger partial charge in [-0.3, -0.25) is 0 Å². The molecule has 2 heterocycles. The lowest BCUT2D eigenvalue weighted by atomic mass is 9.67. The Labute approximate surface area is 140 Å². The van der Waals surface area contributed by atoms with Crippen LogP contribution in [0.5, 0.6) is 0 Å². The third-order valence-electron chi connectivity index (χ3n) is 4.82. The lowest BCUT2D eigenvalue weighted by Gasteiger charge is -2.44. The summed E-state index contributed by atoms with van der Waals surface area (Å²) in [6, 6.07) is 0. The Bertz CT molecular complexity index is 380. The predicted molar refractivity (Wildman–Crippen MR) is 88.5 cm³/mol. The van der Waals surface area contributed by atoms with Crippen molar-refractivity contribution in [2.24, 2.45) is 17.8 Å². The number of carbonyl (C=O) groups is 1. The Morgan fingerprint density at radius 2 is 1.74 bits per heavy atom. The molecule has 1 aliphatic carbocycles. The maximum Gasteiger partial charge on any atom is 0.336 e. The predicted octanol–water partition coefficient (Wildman–Crippen LogP) is 3.88. The van der Waals surface area contributed by atoms with Gasteiger partial charge in [-0.05, 0) is 44.4 Å². The number of esters is 1. The summed E-state index contributed by atoms with van der Waals surface area (Å²) in [5.74, 6) is 1.06. The summed E-state index contributed by atoms with van der Waals surface area (Å²) in [6.07, 6.45) is 5.69. The maximum absolute atomic E-state index is 11.8. The van der Waals surface area contributed by atoms with Gasteiger partial charge in [-0.15, -0.1) is 0 Å². The second-order valence-corrected chi connectivity index (χ2v) is 6.03. The highest BCUT2D eigenvalue weighted by atomic mass is 17.2. The van der Waals surface area contributed by atoms with E-state index >= 15 is 0 Å². The lowest BCUT2D eigenvalue weighted by Crippen LogP contribution is -2.46. The fourth-order valence-corrected chi connectivity index (χ4v) is 3.74. The van der Waals surface area contributed by atoms with Crippen molar-refractivity contribution in [3.8, 4) is 0 Å². The zero-order valence-electron chi connectivity index (χ0n) is 15.2. The number of hydrogen-bond acceptors (Lipinski definition) is 5. The van der Waals surface area contributed by atoms with E-state index in [0.29, 0.717) is 23.3 Å². The fourth-order valence-electron chi connectivity index (χ4n) is 3.74. The third kappa shape index (κ3) is 5.03. The first-order valence-corrected chi connectivity index (χ1v) is 8.70. The minimum atomic E-state index is -0.319. The normalized spacial score (nSPS) is 35.4. The highest BCUT2D eigenvalue weighted by molar-refractivity contribution is 5.89. The molecule has 0 amide bonds. The highest BCUT2D eigenvalue weighted by Crippen LogP contribution is 2.48. The van der Waals surface area contributed by atoms with Gasteiger partial charge in [-0.1, -0.05) is 26.8 Å². The molecule has 0 N–H and O–H groups in total. The molecule has 1 saturated carbocycles. The Morgan fingerprint density at radius 1 is 1.09 bits per heavy atom. The van der Waals surface area contributed by atoms with Crippen LogP contribution >= 0.6 is 0 Å². The molecule has 3 aliphatic rings. The van der Waals surface area contributed by atoms with E-state index in [1.165, 1.54) is 33.5 Å². The first-order valence-electron chi connectivity index (χ1n) is 8.70. The van der Waals surface area contributed by atoms with Crippen LogP contribution in [-0.2, 0) is 24.0 Å². The largest absolute Gasteiger partial charge is 0.432 e. The molecule has 5 nitrogen and oxygen atoms in total. The molecule has 3 fully saturated rings. The van der Waals surface area contributed by atoms with Crippen molar-refractivity contribution in [2.45, 2.75) is 65.3 Å². The monoisotopic (exact) mass is 328 g/mol. The van der Waals surface area contributed by atoms with Crippen molar-refractivity contribution in [3.63, 3.8) is 0 Å². The van der Waals surface area contributed by atoms with E-state index in [1.807, 2.05) is 13.8 Å². The highest BCUT2D eigenvalue weighted by Gasteiger charge is 2.49. The minimum absolute atomic E-state index is 0.199. The summed E-state index contributed by atoms with van der Waals surface area (Å²) in [6.45, 7) is 10.00. The molecule has 0 bridgehead atoms. The van der Waals surface area contributed by atoms with Gasteiger partial charge in [0.05, 0.1) is 20.3 Å². The number of carbonyl (C=O) groups excluding carboxylic acids is 1. The van der Waals surface area contributed by atoms with Crippen LogP contribution < -0.4 is 0 Å². The van der Waals surface area contributed by atoms with E-state index in [2.05, 4.69) is 23.3 Å². The number of rotatable bonds is 1. The topological polar surface area (TPSA) is 54.0 Å². The van der Waals surface area contributed by atoms with Crippen molar-refractivity contribution >= 4 is 5.97 Å². The van der Waals surface area contributed by atoms with E-state index < -0.39 is 0 Å². The molecule has 0 aromatic heterocycles. The van der Waals surface area contributed by atoms with Gasteiger partial charge < -0.3 is 9.47 Å². The van der Waals surface area contributed by atoms with Crippen molar-refractivity contribution in [3.05, 3.63) is 12.2 Å². The van der Waals surface area contributed by atoms with Crippen molar-refractivity contribution in [1.29, 1.82) is 0 Å². The molecule has 2 saturated heterocycles. The zero-order valence-corrected chi connectivity index (χ0v) is 15.2. The molecule has 0 aromatic carbocycles. The summed E-state index contributed by atoms with van der Waals surface area (Å²) in [5, 5.41) is 0. The van der Waals surface area contributed by atoms with E-state index in [-0.39, 0.29) is 18.4 Å². The van der Waals surface area contributed by atoms with Crippen LogP contribution in [0.15, 0.2) is 12.2 Å². The van der Waals surface area contributed by atoms with Crippen LogP contribution in [0.2, 0.25) is 0 Å². The molecule has 3 rings (SSSR count). The van der Waals surface area contributed by atoms with Crippen LogP contribution in [0.25, 0.3) is 0 Å². The van der Waals surface area contributed by atoms with Crippen LogP contribution in [0.3, 0.4) is 0 Å². The van der Waals surface area contributed by atoms with Gasteiger partial charge in [-0.25, -0.2) is 14.6 Å². The lowest BCUT2D eigenvalue weighted by molar-refractivity contribution is -0.248. The first-order chi connectivity index (χ1) is 11.1. The molecular formula is C18H32O5. The summed E-state index contributed by atoms with van der Waals surface area (Å²) >= 11 is 0. The number of ether oxygens (including phenoxy) is 2. The zero-order chi connectivity index (χ0) is 17.4. The summed E-state index contributed by atoms with van der Waals surface area (Å²) in [4.78, 5) is 19.8. The van der Waals surface area contributed by atoms with E-state index in [9.17, 15) is 4.79 Å². The molecule has 0 radical (unpaired) electrons. The van der Waals surface area contributed by atoms with Gasteiger partial charge >= 0.3 is 5.97 Å². The van der Waals surface area contributed by atoms with E-state index in [1.54, 1.807) is 0 Å². The SMILES string of the molecule is C=C1C(=O)OC2OC(C)CCC3CCCC1C32.CC.COOC. The van der Waals surface area contributed by atoms with Crippen molar-refractivity contribution in [2.75, 3.05) is 14.2 Å². The van der Waals surface area contributed by atoms with Gasteiger partial charge in [0.15, 0.2) is 0 Å². The van der Waals surface area contributed by atoms with Gasteiger partial charge in [0, 0.05) is 11.5 Å². The maximum atomic E-state index is 11.8. The molecule has 5 atom stereocenters.